The average molecular weight is 260 g/mol. The number of nitrogens with one attached hydrogen (secondary N) is 1. The van der Waals surface area contributed by atoms with Crippen LogP contribution < -0.4 is 5.32 Å². The summed E-state index contributed by atoms with van der Waals surface area (Å²) in [4.78, 5) is 4.74. The summed E-state index contributed by atoms with van der Waals surface area (Å²) >= 11 is 1.94. The Bertz CT molecular complexity index is 464. The van der Waals surface area contributed by atoms with Crippen molar-refractivity contribution >= 4 is 28.5 Å². The molecule has 2 nitrogen and oxygen atoms in total. The van der Waals surface area contributed by atoms with Gasteiger partial charge in [-0.2, -0.15) is 11.8 Å². The lowest BCUT2D eigenvalue weighted by atomic mass is 10.1. The first kappa shape index (κ1) is 13.2. The van der Waals surface area contributed by atoms with E-state index in [0.717, 1.165) is 35.8 Å². The predicted octanol–water partition coefficient (Wildman–Crippen LogP) is 4.31. The van der Waals surface area contributed by atoms with Crippen molar-refractivity contribution in [2.75, 3.05) is 17.6 Å². The Morgan fingerprint density at radius 1 is 1.22 bits per heavy atom. The summed E-state index contributed by atoms with van der Waals surface area (Å²) in [7, 11) is 0. The van der Waals surface area contributed by atoms with Crippen molar-refractivity contribution in [1.82, 2.24) is 4.98 Å². The molecule has 0 atom stereocenters. The molecule has 18 heavy (non-hydrogen) atoms. The van der Waals surface area contributed by atoms with Crippen LogP contribution in [0.15, 0.2) is 30.3 Å². The van der Waals surface area contributed by atoms with E-state index in [2.05, 4.69) is 43.4 Å². The first-order chi connectivity index (χ1) is 8.85. The summed E-state index contributed by atoms with van der Waals surface area (Å²) in [5, 5.41) is 4.67. The molecule has 0 amide bonds. The lowest BCUT2D eigenvalue weighted by Gasteiger charge is -2.11. The summed E-state index contributed by atoms with van der Waals surface area (Å²) in [6, 6.07) is 10.6. The fraction of sp³-hybridized carbons (Fsp3) is 0.400. The van der Waals surface area contributed by atoms with Gasteiger partial charge in [0.2, 0.25) is 0 Å². The van der Waals surface area contributed by atoms with E-state index >= 15 is 0 Å². The van der Waals surface area contributed by atoms with E-state index < -0.39 is 0 Å². The van der Waals surface area contributed by atoms with Gasteiger partial charge in [-0.1, -0.05) is 32.0 Å². The van der Waals surface area contributed by atoms with Crippen LogP contribution in [0.25, 0.3) is 10.9 Å². The van der Waals surface area contributed by atoms with Gasteiger partial charge in [0.1, 0.15) is 5.82 Å². The number of thioether (sulfide) groups is 1. The Labute approximate surface area is 113 Å². The minimum atomic E-state index is 0.981. The molecule has 1 N–H and O–H groups in total. The van der Waals surface area contributed by atoms with Crippen molar-refractivity contribution in [2.24, 2.45) is 0 Å². The molecule has 2 aromatic rings. The predicted molar refractivity (Wildman–Crippen MR) is 82.4 cm³/mol. The van der Waals surface area contributed by atoms with Crippen LogP contribution >= 0.6 is 11.8 Å². The van der Waals surface area contributed by atoms with Crippen LogP contribution in [0.4, 0.5) is 5.82 Å². The summed E-state index contributed by atoms with van der Waals surface area (Å²) in [6.45, 7) is 5.35. The van der Waals surface area contributed by atoms with E-state index in [-0.39, 0.29) is 0 Å². The smallest absolute Gasteiger partial charge is 0.130 e. The normalized spacial score (nSPS) is 10.8. The molecule has 1 aromatic carbocycles. The third-order valence-electron chi connectivity index (χ3n) is 2.81. The molecule has 96 valence electrons. The highest BCUT2D eigenvalue weighted by atomic mass is 32.2. The SMILES string of the molecule is CCCNc1nc2ccccc2cc1CSCC. The van der Waals surface area contributed by atoms with Crippen LogP contribution in [0.5, 0.6) is 0 Å². The van der Waals surface area contributed by atoms with Gasteiger partial charge >= 0.3 is 0 Å². The first-order valence-electron chi connectivity index (χ1n) is 6.55. The van der Waals surface area contributed by atoms with E-state index in [0.29, 0.717) is 0 Å². The number of benzene rings is 1. The summed E-state index contributed by atoms with van der Waals surface area (Å²) < 4.78 is 0. The van der Waals surface area contributed by atoms with Gasteiger partial charge in [-0.3, -0.25) is 0 Å². The number of aromatic nitrogens is 1. The third kappa shape index (κ3) is 3.16. The maximum absolute atomic E-state index is 4.74. The van der Waals surface area contributed by atoms with E-state index in [9.17, 15) is 0 Å². The molecule has 0 aliphatic rings. The van der Waals surface area contributed by atoms with E-state index in [4.69, 9.17) is 4.98 Å². The molecule has 1 aromatic heterocycles. The van der Waals surface area contributed by atoms with Crippen molar-refractivity contribution < 1.29 is 0 Å². The second-order valence-corrected chi connectivity index (χ2v) is 5.53. The maximum atomic E-state index is 4.74. The van der Waals surface area contributed by atoms with Crippen LogP contribution in [0, 0.1) is 0 Å². The van der Waals surface area contributed by atoms with Gasteiger partial charge in [-0.15, -0.1) is 0 Å². The lowest BCUT2D eigenvalue weighted by Crippen LogP contribution is -2.05. The van der Waals surface area contributed by atoms with E-state index in [1.54, 1.807) is 0 Å². The fourth-order valence-corrected chi connectivity index (χ4v) is 2.52. The zero-order valence-electron chi connectivity index (χ0n) is 11.1. The molecule has 0 spiro atoms. The van der Waals surface area contributed by atoms with E-state index in [1.807, 2.05) is 17.8 Å². The topological polar surface area (TPSA) is 24.9 Å². The Morgan fingerprint density at radius 2 is 2.06 bits per heavy atom. The second kappa shape index (κ2) is 6.64. The minimum Gasteiger partial charge on any atom is -0.370 e. The number of hydrogen-bond donors (Lipinski definition) is 1. The number of fused-ring (bicyclic) bond motifs is 1. The Hall–Kier alpha value is -1.22. The Balaban J connectivity index is 2.35. The third-order valence-corrected chi connectivity index (χ3v) is 3.73. The van der Waals surface area contributed by atoms with Gasteiger partial charge in [-0.25, -0.2) is 4.98 Å². The van der Waals surface area contributed by atoms with Gasteiger partial charge in [0, 0.05) is 23.2 Å². The molecule has 0 saturated carbocycles. The molecule has 0 aliphatic carbocycles. The molecule has 2 rings (SSSR count). The highest BCUT2D eigenvalue weighted by Gasteiger charge is 2.06. The number of anilines is 1. The molecular formula is C15H20N2S. The Morgan fingerprint density at radius 3 is 2.83 bits per heavy atom. The number of pyridine rings is 1. The van der Waals surface area contributed by atoms with Crippen molar-refractivity contribution in [3.05, 3.63) is 35.9 Å². The second-order valence-electron chi connectivity index (χ2n) is 4.25. The average Bonchev–Trinajstić information content (AvgIpc) is 2.42. The number of rotatable bonds is 6. The Kier molecular flexibility index (Phi) is 4.88. The number of nitrogens with zero attached hydrogens (tertiary/aromatic N) is 1. The molecular weight excluding hydrogens is 240 g/mol. The fourth-order valence-electron chi connectivity index (χ4n) is 1.88. The molecule has 0 aliphatic heterocycles. The quantitative estimate of drug-likeness (QED) is 0.837. The molecule has 0 unspecified atom stereocenters. The summed E-state index contributed by atoms with van der Waals surface area (Å²) in [6.07, 6.45) is 1.12. The van der Waals surface area contributed by atoms with Crippen LogP contribution in [0.1, 0.15) is 25.8 Å². The summed E-state index contributed by atoms with van der Waals surface area (Å²) in [5.74, 6) is 3.22. The number of hydrogen-bond acceptors (Lipinski definition) is 3. The van der Waals surface area contributed by atoms with Gasteiger partial charge in [0.05, 0.1) is 5.52 Å². The van der Waals surface area contributed by atoms with E-state index in [1.165, 1.54) is 10.9 Å². The lowest BCUT2D eigenvalue weighted by molar-refractivity contribution is 0.968. The van der Waals surface area contributed by atoms with Crippen LogP contribution in [0.3, 0.4) is 0 Å². The molecule has 0 saturated heterocycles. The molecule has 1 heterocycles. The van der Waals surface area contributed by atoms with Crippen LogP contribution in [0.2, 0.25) is 0 Å². The highest BCUT2D eigenvalue weighted by molar-refractivity contribution is 7.98. The monoisotopic (exact) mass is 260 g/mol. The number of para-hydroxylation sites is 1. The largest absolute Gasteiger partial charge is 0.370 e. The standard InChI is InChI=1S/C15H20N2S/c1-3-9-16-15-13(11-18-4-2)10-12-7-5-6-8-14(12)17-15/h5-8,10H,3-4,9,11H2,1-2H3,(H,16,17). The van der Waals surface area contributed by atoms with Crippen LogP contribution in [-0.4, -0.2) is 17.3 Å². The minimum absolute atomic E-state index is 0.981. The molecule has 0 radical (unpaired) electrons. The summed E-state index contributed by atoms with van der Waals surface area (Å²) in [5.41, 5.74) is 2.38. The zero-order chi connectivity index (χ0) is 12.8. The molecule has 3 heteroatoms. The van der Waals surface area contributed by atoms with Crippen molar-refractivity contribution in [3.63, 3.8) is 0 Å². The van der Waals surface area contributed by atoms with Gasteiger partial charge < -0.3 is 5.32 Å². The zero-order valence-corrected chi connectivity index (χ0v) is 11.9. The van der Waals surface area contributed by atoms with Gasteiger partial charge in [0.25, 0.3) is 0 Å². The van der Waals surface area contributed by atoms with Gasteiger partial charge in [0.15, 0.2) is 0 Å². The molecule has 0 bridgehead atoms. The van der Waals surface area contributed by atoms with Gasteiger partial charge in [-0.05, 0) is 24.3 Å². The molecule has 0 fully saturated rings. The van der Waals surface area contributed by atoms with Crippen molar-refractivity contribution in [3.8, 4) is 0 Å². The maximum Gasteiger partial charge on any atom is 0.130 e. The highest BCUT2D eigenvalue weighted by Crippen LogP contribution is 2.24. The van der Waals surface area contributed by atoms with Crippen molar-refractivity contribution in [2.45, 2.75) is 26.0 Å². The van der Waals surface area contributed by atoms with Crippen LogP contribution in [-0.2, 0) is 5.75 Å². The first-order valence-corrected chi connectivity index (χ1v) is 7.71. The van der Waals surface area contributed by atoms with Crippen molar-refractivity contribution in [1.29, 1.82) is 0 Å².